The molecule has 1 spiro atoms. The number of oxazole rings is 1. The third kappa shape index (κ3) is 5.58. The molecule has 2 saturated heterocycles. The fraction of sp³-hybridized carbons (Fsp3) is 0.541. The number of hydrogen-bond acceptors (Lipinski definition) is 11. The second kappa shape index (κ2) is 12.7. The van der Waals surface area contributed by atoms with Crippen LogP contribution in [0.1, 0.15) is 83.4 Å². The van der Waals surface area contributed by atoms with E-state index < -0.39 is 33.0 Å². The molecule has 0 saturated carbocycles. The molecule has 9 rings (SSSR count). The molecule has 14 heteroatoms. The van der Waals surface area contributed by atoms with E-state index in [0.29, 0.717) is 60.3 Å². The Morgan fingerprint density at radius 2 is 2.04 bits per heavy atom. The number of aryl methyl sites for hydroxylation is 3. The molecular weight excluding hydrogens is 764 g/mol. The number of ether oxygens (including phenoxy) is 2. The molecule has 2 N–H and O–H groups in total. The minimum atomic E-state index is -0.758. The van der Waals surface area contributed by atoms with E-state index in [9.17, 15) is 9.65 Å². The van der Waals surface area contributed by atoms with Crippen molar-refractivity contribution in [3.05, 3.63) is 63.3 Å². The fourth-order valence-electron chi connectivity index (χ4n) is 9.07. The van der Waals surface area contributed by atoms with Crippen LogP contribution in [0.25, 0.3) is 11.6 Å². The standard InChI is InChI=1S/C37H42FIN9O3/c1-22-19-49-34(42-22)32-23(2)30-18-46(11-5-13-48(30)45-32)33-27-20-51-36(9-3-6-24-7-8-28(41)26(16-40)31(24)36)15-29(27)43-35(44-33)50-21-39-37-10-4-12-47(37)17-25(38)14-37/h7-8,19,25H,3-6,9-15,17-18,20-21,41H2,1-2H3/q-1/t25-,36+,37?/m1/s1. The van der Waals surface area contributed by atoms with E-state index in [-0.39, 0.29) is 3.55 Å². The van der Waals surface area contributed by atoms with Gasteiger partial charge in [-0.15, -0.1) is 0 Å². The van der Waals surface area contributed by atoms with E-state index in [1.807, 2.05) is 19.1 Å². The van der Waals surface area contributed by atoms with Crippen LogP contribution in [-0.4, -0.2) is 63.6 Å². The van der Waals surface area contributed by atoms with Gasteiger partial charge in [0.2, 0.25) is 0 Å². The SMILES string of the molecule is Cc1coc(-c2nn3c(c2C)CN(c2nc(OC[I-]C45CCCN4C[C@H](F)C5)nc4c2CO[C@@]2(CCCc5ccc(N)c(C#N)c52)C4)CCC3)n1. The molecule has 51 heavy (non-hydrogen) atoms. The van der Waals surface area contributed by atoms with Gasteiger partial charge in [-0.05, 0) is 6.92 Å². The maximum absolute atomic E-state index is 14.6. The van der Waals surface area contributed by atoms with Crippen LogP contribution in [0.2, 0.25) is 0 Å². The second-order valence-electron chi connectivity index (χ2n) is 14.6. The van der Waals surface area contributed by atoms with Crippen molar-refractivity contribution in [1.82, 2.24) is 29.6 Å². The Morgan fingerprint density at radius 3 is 2.88 bits per heavy atom. The summed E-state index contributed by atoms with van der Waals surface area (Å²) in [4.78, 5) is 19.4. The first-order valence-corrected chi connectivity index (χ1v) is 20.6. The number of aromatic nitrogens is 5. The van der Waals surface area contributed by atoms with Gasteiger partial charge in [0.15, 0.2) is 0 Å². The van der Waals surface area contributed by atoms with Crippen molar-refractivity contribution in [2.45, 2.75) is 100 Å². The first kappa shape index (κ1) is 33.1. The Balaban J connectivity index is 1.08. The summed E-state index contributed by atoms with van der Waals surface area (Å²) in [6.45, 7) is 7.93. The summed E-state index contributed by atoms with van der Waals surface area (Å²) in [5.74, 6) is 1.33. The van der Waals surface area contributed by atoms with Gasteiger partial charge in [-0.25, -0.2) is 0 Å². The first-order chi connectivity index (χ1) is 24.8. The van der Waals surface area contributed by atoms with Gasteiger partial charge in [0.1, 0.15) is 6.26 Å². The van der Waals surface area contributed by atoms with Crippen LogP contribution in [0.3, 0.4) is 0 Å². The summed E-state index contributed by atoms with van der Waals surface area (Å²) in [5.41, 5.74) is 14.2. The van der Waals surface area contributed by atoms with Crippen LogP contribution in [0.5, 0.6) is 6.01 Å². The number of nitrogen functional groups attached to an aromatic ring is 1. The molecule has 1 aromatic carbocycles. The van der Waals surface area contributed by atoms with E-state index in [0.717, 1.165) is 109 Å². The van der Waals surface area contributed by atoms with Gasteiger partial charge in [0, 0.05) is 0 Å². The number of nitrogens with zero attached hydrogens (tertiary/aromatic N) is 8. The average molecular weight is 807 g/mol. The summed E-state index contributed by atoms with van der Waals surface area (Å²) in [6, 6.07) is 6.62. The summed E-state index contributed by atoms with van der Waals surface area (Å²) < 4.78 is 36.3. The number of benzene rings is 1. The fourth-order valence-corrected chi connectivity index (χ4v) is 12.6. The third-order valence-electron chi connectivity index (χ3n) is 11.5. The van der Waals surface area contributed by atoms with Gasteiger partial charge in [-0.1, -0.05) is 0 Å². The predicted octanol–water partition coefficient (Wildman–Crippen LogP) is 2.07. The molecule has 12 nitrogen and oxygen atoms in total. The Hall–Kier alpha value is -3.81. The van der Waals surface area contributed by atoms with Crippen molar-refractivity contribution >= 4 is 11.5 Å². The molecule has 3 aromatic heterocycles. The van der Waals surface area contributed by atoms with Gasteiger partial charge in [-0.2, -0.15) is 0 Å². The molecule has 3 atom stereocenters. The van der Waals surface area contributed by atoms with E-state index in [1.54, 1.807) is 6.26 Å². The number of nitrogens with two attached hydrogens (primary N) is 1. The van der Waals surface area contributed by atoms with Crippen LogP contribution in [-0.2, 0) is 42.9 Å². The van der Waals surface area contributed by atoms with E-state index in [1.165, 1.54) is 0 Å². The van der Waals surface area contributed by atoms with Crippen molar-refractivity contribution in [2.75, 3.05) is 34.9 Å². The van der Waals surface area contributed by atoms with Crippen LogP contribution in [0, 0.1) is 25.2 Å². The van der Waals surface area contributed by atoms with Crippen molar-refractivity contribution in [2.24, 2.45) is 0 Å². The topological polar surface area (TPSA) is 144 Å². The van der Waals surface area contributed by atoms with Gasteiger partial charge < -0.3 is 0 Å². The second-order valence-corrected chi connectivity index (χ2v) is 18.0. The maximum atomic E-state index is 14.6. The quantitative estimate of drug-likeness (QED) is 0.133. The molecule has 1 unspecified atom stereocenters. The van der Waals surface area contributed by atoms with Gasteiger partial charge in [-0.3, -0.25) is 0 Å². The van der Waals surface area contributed by atoms with Crippen molar-refractivity contribution in [3.8, 4) is 23.7 Å². The number of fused-ring (bicyclic) bond motifs is 5. The van der Waals surface area contributed by atoms with Crippen molar-refractivity contribution < 1.29 is 39.5 Å². The minimum absolute atomic E-state index is 0.0352. The summed E-state index contributed by atoms with van der Waals surface area (Å²) in [7, 11) is 0. The van der Waals surface area contributed by atoms with Crippen LogP contribution in [0.15, 0.2) is 22.8 Å². The van der Waals surface area contributed by atoms with Gasteiger partial charge in [0.05, 0.1) is 5.69 Å². The summed E-state index contributed by atoms with van der Waals surface area (Å²) >= 11 is -0.492. The molecule has 4 aromatic rings. The number of rotatable bonds is 6. The van der Waals surface area contributed by atoms with Gasteiger partial charge in [0.25, 0.3) is 0 Å². The molecular formula is C37H42FIN9O3-. The van der Waals surface area contributed by atoms with E-state index in [4.69, 9.17) is 34.7 Å². The number of alkyl halides is 3. The number of nitriles is 1. The number of hydrogen-bond donors (Lipinski definition) is 1. The molecule has 0 bridgehead atoms. The summed E-state index contributed by atoms with van der Waals surface area (Å²) in [5, 5.41) is 15.2. The molecule has 0 radical (unpaired) electrons. The van der Waals surface area contributed by atoms with Crippen LogP contribution < -0.4 is 36.6 Å². The molecule has 268 valence electrons. The normalized spacial score (nSPS) is 25.7. The van der Waals surface area contributed by atoms with Crippen molar-refractivity contribution in [3.63, 3.8) is 0 Å². The Morgan fingerprint density at radius 1 is 1.14 bits per heavy atom. The third-order valence-corrected chi connectivity index (χ3v) is 15.2. The van der Waals surface area contributed by atoms with Crippen LogP contribution in [0.4, 0.5) is 15.9 Å². The zero-order valence-electron chi connectivity index (χ0n) is 29.1. The zero-order chi connectivity index (χ0) is 34.9. The first-order valence-electron chi connectivity index (χ1n) is 18.0. The monoisotopic (exact) mass is 806 g/mol. The Labute approximate surface area is 306 Å². The summed E-state index contributed by atoms with van der Waals surface area (Å²) in [6.07, 6.45) is 7.62. The van der Waals surface area contributed by atoms with E-state index in [2.05, 4.69) is 32.5 Å². The van der Waals surface area contributed by atoms with Crippen LogP contribution >= 0.6 is 0 Å². The number of anilines is 2. The van der Waals surface area contributed by atoms with Crippen molar-refractivity contribution in [1.29, 1.82) is 5.26 Å². The Kier molecular flexibility index (Phi) is 8.23. The van der Waals surface area contributed by atoms with E-state index >= 15 is 0 Å². The Bertz CT molecular complexity index is 2060. The molecule has 5 aliphatic rings. The molecule has 0 amide bonds. The average Bonchev–Trinajstić information content (AvgIpc) is 3.83. The zero-order valence-corrected chi connectivity index (χ0v) is 31.2. The van der Waals surface area contributed by atoms with Gasteiger partial charge >= 0.3 is 289 Å². The molecule has 7 heterocycles. The predicted molar refractivity (Wildman–Crippen MR) is 182 cm³/mol. The molecule has 4 aliphatic heterocycles. The molecule has 1 aliphatic carbocycles. The molecule has 2 fully saturated rings. The number of halogens is 2.